The summed E-state index contributed by atoms with van der Waals surface area (Å²) in [6.45, 7) is 2.09. The first kappa shape index (κ1) is 21.0. The Morgan fingerprint density at radius 1 is 1.00 bits per heavy atom. The lowest BCUT2D eigenvalue weighted by Gasteiger charge is -2.26. The van der Waals surface area contributed by atoms with Crippen molar-refractivity contribution in [2.24, 2.45) is 11.8 Å². The van der Waals surface area contributed by atoms with Crippen molar-refractivity contribution < 1.29 is 14.6 Å². The highest BCUT2D eigenvalue weighted by molar-refractivity contribution is 6.32. The molecule has 0 radical (unpaired) electrons. The number of aliphatic hydroxyl groups excluding tert-OH is 1. The standard InChI is InChI=1S/C26H29ClO3/c1-3-18-8-9-19(20-10-11-22(27)25(15-20)30-2)14-21(18)26-23(28)12-16-4-5-17(7-6-16)13-24(26)29/h8-11,14-17,28H,3-7,12-13H2,1-2H3. The normalized spacial score (nSPS) is 21.9. The predicted molar refractivity (Wildman–Crippen MR) is 122 cm³/mol. The summed E-state index contributed by atoms with van der Waals surface area (Å²) in [6.07, 6.45) is 6.37. The van der Waals surface area contributed by atoms with Crippen molar-refractivity contribution in [2.75, 3.05) is 7.11 Å². The first-order valence-corrected chi connectivity index (χ1v) is 11.3. The Bertz CT molecular complexity index is 984. The molecule has 2 aromatic rings. The molecule has 0 heterocycles. The van der Waals surface area contributed by atoms with Gasteiger partial charge in [-0.2, -0.15) is 0 Å². The number of allylic oxidation sites excluding steroid dienone is 2. The molecule has 158 valence electrons. The van der Waals surface area contributed by atoms with E-state index in [1.165, 1.54) is 0 Å². The zero-order valence-electron chi connectivity index (χ0n) is 17.7. The predicted octanol–water partition coefficient (Wildman–Crippen LogP) is 7.02. The number of aliphatic hydroxyl groups is 1. The Labute approximate surface area is 183 Å². The zero-order valence-corrected chi connectivity index (χ0v) is 18.5. The quantitative estimate of drug-likeness (QED) is 0.573. The number of hydrogen-bond donors (Lipinski definition) is 1. The third kappa shape index (κ3) is 4.13. The topological polar surface area (TPSA) is 46.5 Å². The van der Waals surface area contributed by atoms with Crippen LogP contribution in [0.5, 0.6) is 5.75 Å². The van der Waals surface area contributed by atoms with Crippen molar-refractivity contribution in [3.8, 4) is 16.9 Å². The number of aryl methyl sites for hydroxylation is 1. The second-order valence-corrected chi connectivity index (χ2v) is 9.02. The third-order valence-electron chi connectivity index (χ3n) is 6.73. The minimum atomic E-state index is 0.0839. The number of methoxy groups -OCH3 is 1. The SMILES string of the molecule is CCc1ccc(-c2ccc(Cl)c(OC)c2)cc1C1=C(O)CC2CCC(CC2)CC1=O. The van der Waals surface area contributed by atoms with Gasteiger partial charge in [0.2, 0.25) is 0 Å². The third-order valence-corrected chi connectivity index (χ3v) is 7.05. The maximum absolute atomic E-state index is 13.3. The van der Waals surface area contributed by atoms with Crippen LogP contribution < -0.4 is 4.74 Å². The smallest absolute Gasteiger partial charge is 0.167 e. The van der Waals surface area contributed by atoms with Gasteiger partial charge in [-0.25, -0.2) is 0 Å². The van der Waals surface area contributed by atoms with Gasteiger partial charge in [-0.1, -0.05) is 36.7 Å². The first-order valence-electron chi connectivity index (χ1n) is 10.9. The summed E-state index contributed by atoms with van der Waals surface area (Å²) >= 11 is 6.19. The average molecular weight is 425 g/mol. The van der Waals surface area contributed by atoms with E-state index in [9.17, 15) is 9.90 Å². The molecule has 30 heavy (non-hydrogen) atoms. The molecular weight excluding hydrogens is 396 g/mol. The van der Waals surface area contributed by atoms with Crippen LogP contribution in [0.1, 0.15) is 56.6 Å². The van der Waals surface area contributed by atoms with Crippen molar-refractivity contribution in [1.82, 2.24) is 0 Å². The van der Waals surface area contributed by atoms with Gasteiger partial charge in [0, 0.05) is 12.8 Å². The van der Waals surface area contributed by atoms with E-state index in [4.69, 9.17) is 16.3 Å². The number of benzene rings is 2. The van der Waals surface area contributed by atoms with E-state index in [0.717, 1.165) is 54.4 Å². The van der Waals surface area contributed by atoms with Crippen molar-refractivity contribution in [3.05, 3.63) is 58.3 Å². The summed E-state index contributed by atoms with van der Waals surface area (Å²) in [5.74, 6) is 1.90. The van der Waals surface area contributed by atoms with Crippen LogP contribution in [0.4, 0.5) is 0 Å². The van der Waals surface area contributed by atoms with Crippen LogP contribution in [0.3, 0.4) is 0 Å². The Hall–Kier alpha value is -2.26. The van der Waals surface area contributed by atoms with Gasteiger partial charge in [-0.3, -0.25) is 4.79 Å². The van der Waals surface area contributed by atoms with Gasteiger partial charge in [-0.05, 0) is 84.4 Å². The maximum atomic E-state index is 13.3. The lowest BCUT2D eigenvalue weighted by molar-refractivity contribution is -0.114. The lowest BCUT2D eigenvalue weighted by Crippen LogP contribution is -2.15. The van der Waals surface area contributed by atoms with Gasteiger partial charge in [0.15, 0.2) is 5.78 Å². The molecular formula is C26H29ClO3. The van der Waals surface area contributed by atoms with Crippen LogP contribution >= 0.6 is 11.6 Å². The second kappa shape index (κ2) is 8.85. The number of ether oxygens (including phenoxy) is 1. The van der Waals surface area contributed by atoms with Gasteiger partial charge in [0.05, 0.1) is 17.7 Å². The molecule has 3 aliphatic rings. The van der Waals surface area contributed by atoms with E-state index in [0.29, 0.717) is 41.0 Å². The van der Waals surface area contributed by atoms with E-state index >= 15 is 0 Å². The monoisotopic (exact) mass is 424 g/mol. The molecule has 0 saturated heterocycles. The van der Waals surface area contributed by atoms with Crippen molar-refractivity contribution >= 4 is 23.0 Å². The fraction of sp³-hybridized carbons (Fsp3) is 0.423. The summed E-state index contributed by atoms with van der Waals surface area (Å²) in [4.78, 5) is 13.3. The van der Waals surface area contributed by atoms with E-state index in [2.05, 4.69) is 19.1 Å². The number of carbonyl (C=O) groups excluding carboxylic acids is 1. The molecule has 2 bridgehead atoms. The van der Waals surface area contributed by atoms with Crippen LogP contribution in [0.15, 0.2) is 42.2 Å². The minimum absolute atomic E-state index is 0.0839. The van der Waals surface area contributed by atoms with Crippen LogP contribution in [0, 0.1) is 11.8 Å². The summed E-state index contributed by atoms with van der Waals surface area (Å²) < 4.78 is 5.37. The lowest BCUT2D eigenvalue weighted by atomic mass is 9.79. The molecule has 0 atom stereocenters. The van der Waals surface area contributed by atoms with E-state index < -0.39 is 0 Å². The molecule has 3 nitrogen and oxygen atoms in total. The molecule has 5 rings (SSSR count). The van der Waals surface area contributed by atoms with Gasteiger partial charge in [0.1, 0.15) is 11.5 Å². The molecule has 1 saturated carbocycles. The number of rotatable bonds is 4. The number of carbonyl (C=O) groups is 1. The largest absolute Gasteiger partial charge is 0.512 e. The van der Waals surface area contributed by atoms with Crippen LogP contribution in [-0.4, -0.2) is 18.0 Å². The van der Waals surface area contributed by atoms with Crippen LogP contribution in [0.2, 0.25) is 5.02 Å². The number of hydrogen-bond acceptors (Lipinski definition) is 3. The van der Waals surface area contributed by atoms with Crippen LogP contribution in [-0.2, 0) is 11.2 Å². The van der Waals surface area contributed by atoms with Gasteiger partial charge < -0.3 is 9.84 Å². The first-order chi connectivity index (χ1) is 14.5. The van der Waals surface area contributed by atoms with Crippen molar-refractivity contribution in [3.63, 3.8) is 0 Å². The van der Waals surface area contributed by atoms with E-state index in [-0.39, 0.29) is 11.5 Å². The molecule has 2 aromatic carbocycles. The van der Waals surface area contributed by atoms with E-state index in [1.54, 1.807) is 7.11 Å². The maximum Gasteiger partial charge on any atom is 0.167 e. The zero-order chi connectivity index (χ0) is 21.3. The summed E-state index contributed by atoms with van der Waals surface area (Å²) in [5, 5.41) is 11.6. The Kier molecular flexibility index (Phi) is 6.19. The molecule has 4 heteroatoms. The molecule has 0 amide bonds. The number of Topliss-reactive ketones (excluding diaryl/α,β-unsaturated/α-hetero) is 1. The molecule has 0 spiro atoms. The second-order valence-electron chi connectivity index (χ2n) is 8.61. The van der Waals surface area contributed by atoms with Gasteiger partial charge in [-0.15, -0.1) is 0 Å². The molecule has 0 aromatic heterocycles. The summed E-state index contributed by atoms with van der Waals surface area (Å²) in [6, 6.07) is 11.9. The Balaban J connectivity index is 1.82. The van der Waals surface area contributed by atoms with Crippen molar-refractivity contribution in [2.45, 2.75) is 51.9 Å². The molecule has 0 aliphatic heterocycles. The van der Waals surface area contributed by atoms with Crippen molar-refractivity contribution in [1.29, 1.82) is 0 Å². The highest BCUT2D eigenvalue weighted by atomic mass is 35.5. The Morgan fingerprint density at radius 3 is 2.30 bits per heavy atom. The summed E-state index contributed by atoms with van der Waals surface area (Å²) in [5.41, 5.74) is 4.44. The molecule has 1 N–H and O–H groups in total. The van der Waals surface area contributed by atoms with Gasteiger partial charge >= 0.3 is 0 Å². The molecule has 1 fully saturated rings. The summed E-state index contributed by atoms with van der Waals surface area (Å²) in [7, 11) is 1.60. The highest BCUT2D eigenvalue weighted by Gasteiger charge is 2.31. The highest BCUT2D eigenvalue weighted by Crippen LogP contribution is 2.40. The minimum Gasteiger partial charge on any atom is -0.512 e. The molecule has 3 aliphatic carbocycles. The van der Waals surface area contributed by atoms with Gasteiger partial charge in [0.25, 0.3) is 0 Å². The molecule has 0 unspecified atom stereocenters. The van der Waals surface area contributed by atoms with Crippen LogP contribution in [0.25, 0.3) is 16.7 Å². The average Bonchev–Trinajstić information content (AvgIpc) is 2.84. The Morgan fingerprint density at radius 2 is 1.63 bits per heavy atom. The number of halogens is 1. The number of fused-ring (bicyclic) bond motifs is 5. The number of ketones is 1. The van der Waals surface area contributed by atoms with E-state index in [1.807, 2.05) is 24.3 Å². The fourth-order valence-electron chi connectivity index (χ4n) is 4.98. The fourth-order valence-corrected chi connectivity index (χ4v) is 5.18.